The third-order valence-electron chi connectivity index (χ3n) is 6.38. The summed E-state index contributed by atoms with van der Waals surface area (Å²) in [6.07, 6.45) is 2.96. The van der Waals surface area contributed by atoms with Crippen LogP contribution >= 0.6 is 0 Å². The molecule has 1 N–H and O–H groups in total. The highest BCUT2D eigenvalue weighted by Crippen LogP contribution is 2.27. The van der Waals surface area contributed by atoms with Gasteiger partial charge in [-0.1, -0.05) is 48.5 Å². The summed E-state index contributed by atoms with van der Waals surface area (Å²) in [5.74, 6) is 0.606. The second kappa shape index (κ2) is 11.3. The van der Waals surface area contributed by atoms with Crippen molar-refractivity contribution in [1.82, 2.24) is 14.8 Å². The summed E-state index contributed by atoms with van der Waals surface area (Å²) in [6.45, 7) is 7.16. The fourth-order valence-electron chi connectivity index (χ4n) is 4.13. The SMILES string of the molecule is CC(C)(C)N(Cc1cccc(-c2cncc(OC[C@@H]3CCN3C(=O)OCc3ccccc3)c2)c1)C(=O)O. The molecule has 0 aliphatic carbocycles. The molecule has 0 radical (unpaired) electrons. The Kier molecular flexibility index (Phi) is 7.96. The fourth-order valence-corrected chi connectivity index (χ4v) is 4.13. The summed E-state index contributed by atoms with van der Waals surface area (Å²) in [7, 11) is 0. The van der Waals surface area contributed by atoms with E-state index < -0.39 is 11.6 Å². The van der Waals surface area contributed by atoms with Gasteiger partial charge in [-0.3, -0.25) is 9.88 Å². The normalized spacial score (nSPS) is 15.0. The molecule has 3 aromatic rings. The van der Waals surface area contributed by atoms with Gasteiger partial charge in [-0.15, -0.1) is 0 Å². The van der Waals surface area contributed by atoms with Gasteiger partial charge >= 0.3 is 12.2 Å². The molecule has 0 bridgehead atoms. The average Bonchev–Trinajstić information content (AvgIpc) is 2.85. The van der Waals surface area contributed by atoms with Crippen molar-refractivity contribution in [3.8, 4) is 16.9 Å². The van der Waals surface area contributed by atoms with E-state index in [0.717, 1.165) is 28.7 Å². The molecule has 1 aliphatic heterocycles. The Hall–Kier alpha value is -4.07. The van der Waals surface area contributed by atoms with Gasteiger partial charge in [0.25, 0.3) is 0 Å². The molecule has 4 rings (SSSR count). The molecule has 194 valence electrons. The summed E-state index contributed by atoms with van der Waals surface area (Å²) < 4.78 is 11.4. The fraction of sp³-hybridized carbons (Fsp3) is 0.345. The summed E-state index contributed by atoms with van der Waals surface area (Å²) in [6, 6.07) is 19.2. The molecule has 37 heavy (non-hydrogen) atoms. The van der Waals surface area contributed by atoms with E-state index in [0.29, 0.717) is 18.9 Å². The molecular weight excluding hydrogens is 470 g/mol. The van der Waals surface area contributed by atoms with Gasteiger partial charge in [0.15, 0.2) is 0 Å². The summed E-state index contributed by atoms with van der Waals surface area (Å²) in [5, 5.41) is 9.62. The minimum absolute atomic E-state index is 0.0466. The second-order valence-electron chi connectivity index (χ2n) is 10.1. The number of nitrogens with zero attached hydrogens (tertiary/aromatic N) is 3. The van der Waals surface area contributed by atoms with Gasteiger partial charge in [-0.05, 0) is 56.0 Å². The van der Waals surface area contributed by atoms with Gasteiger partial charge in [-0.2, -0.15) is 0 Å². The zero-order valence-corrected chi connectivity index (χ0v) is 21.5. The molecule has 0 saturated carbocycles. The largest absolute Gasteiger partial charge is 0.490 e. The van der Waals surface area contributed by atoms with Crippen LogP contribution in [0.1, 0.15) is 38.3 Å². The van der Waals surface area contributed by atoms with Crippen LogP contribution in [0.4, 0.5) is 9.59 Å². The van der Waals surface area contributed by atoms with Crippen LogP contribution in [-0.4, -0.2) is 56.8 Å². The van der Waals surface area contributed by atoms with Crippen molar-refractivity contribution in [1.29, 1.82) is 0 Å². The van der Waals surface area contributed by atoms with E-state index in [1.54, 1.807) is 17.3 Å². The highest BCUT2D eigenvalue weighted by Gasteiger charge is 2.34. The standard InChI is InChI=1S/C29H33N3O5/c1-29(2,3)32(27(33)34)18-22-10-7-11-23(14-22)24-15-26(17-30-16-24)36-20-25-12-13-31(25)28(35)37-19-21-8-5-4-6-9-21/h4-11,14-17,25H,12-13,18-20H2,1-3H3,(H,33,34)/t25-/m0/s1. The van der Waals surface area contributed by atoms with Crippen molar-refractivity contribution < 1.29 is 24.2 Å². The average molecular weight is 504 g/mol. The molecule has 8 nitrogen and oxygen atoms in total. The lowest BCUT2D eigenvalue weighted by atomic mass is 10.0. The van der Waals surface area contributed by atoms with Crippen LogP contribution < -0.4 is 4.74 Å². The van der Waals surface area contributed by atoms with Crippen LogP contribution in [0.15, 0.2) is 73.1 Å². The first-order valence-electron chi connectivity index (χ1n) is 12.4. The first-order valence-corrected chi connectivity index (χ1v) is 12.4. The monoisotopic (exact) mass is 503 g/mol. The van der Waals surface area contributed by atoms with Crippen molar-refractivity contribution in [3.63, 3.8) is 0 Å². The van der Waals surface area contributed by atoms with E-state index in [4.69, 9.17) is 9.47 Å². The number of pyridine rings is 1. The number of likely N-dealkylation sites (tertiary alicyclic amines) is 1. The van der Waals surface area contributed by atoms with E-state index in [1.165, 1.54) is 4.90 Å². The lowest BCUT2D eigenvalue weighted by Gasteiger charge is -2.39. The number of benzene rings is 2. The van der Waals surface area contributed by atoms with Crippen molar-refractivity contribution >= 4 is 12.2 Å². The Labute approximate surface area is 217 Å². The number of hydrogen-bond donors (Lipinski definition) is 1. The third-order valence-corrected chi connectivity index (χ3v) is 6.38. The Balaban J connectivity index is 1.35. The number of ether oxygens (including phenoxy) is 2. The molecule has 0 unspecified atom stereocenters. The molecule has 8 heteroatoms. The quantitative estimate of drug-likeness (QED) is 0.417. The van der Waals surface area contributed by atoms with Gasteiger partial charge in [0.1, 0.15) is 19.0 Å². The van der Waals surface area contributed by atoms with Crippen LogP contribution in [-0.2, 0) is 17.9 Å². The number of carbonyl (C=O) groups is 2. The Morgan fingerprint density at radius 3 is 2.46 bits per heavy atom. The third kappa shape index (κ3) is 6.78. The van der Waals surface area contributed by atoms with Crippen molar-refractivity contribution in [2.75, 3.05) is 13.2 Å². The predicted molar refractivity (Wildman–Crippen MR) is 140 cm³/mol. The van der Waals surface area contributed by atoms with Crippen molar-refractivity contribution in [2.45, 2.75) is 51.9 Å². The molecular formula is C29H33N3O5. The minimum atomic E-state index is -0.955. The van der Waals surface area contributed by atoms with Gasteiger partial charge in [0, 0.05) is 30.4 Å². The van der Waals surface area contributed by atoms with Crippen LogP contribution in [0.25, 0.3) is 11.1 Å². The van der Waals surface area contributed by atoms with E-state index in [2.05, 4.69) is 4.98 Å². The highest BCUT2D eigenvalue weighted by atomic mass is 16.6. The molecule has 1 atom stereocenters. The topological polar surface area (TPSA) is 92.2 Å². The molecule has 2 heterocycles. The first kappa shape index (κ1) is 26.0. The molecule has 1 fully saturated rings. The number of rotatable bonds is 8. The maximum absolute atomic E-state index is 12.5. The maximum atomic E-state index is 12.5. The minimum Gasteiger partial charge on any atom is -0.490 e. The molecule has 2 amide bonds. The molecule has 0 spiro atoms. The van der Waals surface area contributed by atoms with E-state index >= 15 is 0 Å². The van der Waals surface area contributed by atoms with Crippen LogP contribution in [0, 0.1) is 0 Å². The van der Waals surface area contributed by atoms with E-state index in [1.807, 2.05) is 81.4 Å². The Morgan fingerprint density at radius 2 is 1.78 bits per heavy atom. The van der Waals surface area contributed by atoms with Crippen LogP contribution in [0.3, 0.4) is 0 Å². The number of hydrogen-bond acceptors (Lipinski definition) is 5. The predicted octanol–water partition coefficient (Wildman–Crippen LogP) is 5.82. The Bertz CT molecular complexity index is 1230. The van der Waals surface area contributed by atoms with Gasteiger partial charge in [0.05, 0.1) is 12.2 Å². The zero-order valence-electron chi connectivity index (χ0n) is 21.5. The van der Waals surface area contributed by atoms with Crippen molar-refractivity contribution in [3.05, 3.63) is 84.2 Å². The smallest absolute Gasteiger partial charge is 0.410 e. The lowest BCUT2D eigenvalue weighted by Crippen LogP contribution is -2.54. The zero-order chi connectivity index (χ0) is 26.4. The first-order chi connectivity index (χ1) is 17.7. The summed E-state index contributed by atoms with van der Waals surface area (Å²) >= 11 is 0. The number of amides is 2. The molecule has 1 aromatic heterocycles. The Morgan fingerprint density at radius 1 is 1.03 bits per heavy atom. The van der Waals surface area contributed by atoms with E-state index in [-0.39, 0.29) is 25.3 Å². The second-order valence-corrected chi connectivity index (χ2v) is 10.1. The lowest BCUT2D eigenvalue weighted by molar-refractivity contribution is 0.0259. The van der Waals surface area contributed by atoms with Crippen LogP contribution in [0.5, 0.6) is 5.75 Å². The number of aromatic nitrogens is 1. The van der Waals surface area contributed by atoms with E-state index in [9.17, 15) is 14.7 Å². The summed E-state index contributed by atoms with van der Waals surface area (Å²) in [5.41, 5.74) is 3.11. The van der Waals surface area contributed by atoms with Crippen LogP contribution in [0.2, 0.25) is 0 Å². The van der Waals surface area contributed by atoms with Crippen molar-refractivity contribution in [2.24, 2.45) is 0 Å². The molecule has 1 aliphatic rings. The molecule has 1 saturated heterocycles. The maximum Gasteiger partial charge on any atom is 0.410 e. The van der Waals surface area contributed by atoms with Gasteiger partial charge in [-0.25, -0.2) is 9.59 Å². The molecule has 2 aromatic carbocycles. The number of carbonyl (C=O) groups excluding carboxylic acids is 1. The highest BCUT2D eigenvalue weighted by molar-refractivity contribution is 5.69. The van der Waals surface area contributed by atoms with Gasteiger partial charge in [0.2, 0.25) is 0 Å². The summed E-state index contributed by atoms with van der Waals surface area (Å²) in [4.78, 5) is 31.6. The number of carboxylic acid groups (broad SMARTS) is 1. The van der Waals surface area contributed by atoms with Gasteiger partial charge < -0.3 is 19.5 Å².